The van der Waals surface area contributed by atoms with Crippen molar-refractivity contribution in [3.8, 4) is 0 Å². The first-order chi connectivity index (χ1) is 14.5. The van der Waals surface area contributed by atoms with Gasteiger partial charge in [-0.15, -0.1) is 4.68 Å². The maximum Gasteiger partial charge on any atom is 0.349 e. The van der Waals surface area contributed by atoms with E-state index in [-0.39, 0.29) is 5.97 Å². The Morgan fingerprint density at radius 2 is 1.83 bits per heavy atom. The lowest BCUT2D eigenvalue weighted by Crippen LogP contribution is -2.32. The van der Waals surface area contributed by atoms with Gasteiger partial charge in [-0.3, -0.25) is 4.79 Å². The first-order valence-corrected chi connectivity index (χ1v) is 9.56. The lowest BCUT2D eigenvalue weighted by molar-refractivity contribution is -0.146. The number of hydrogen-bond acceptors (Lipinski definition) is 5. The molecule has 0 aliphatic carbocycles. The molecule has 4 rings (SSSR count). The van der Waals surface area contributed by atoms with E-state index in [2.05, 4.69) is 10.1 Å². The largest absolute Gasteiger partial charge is 0.464 e. The highest BCUT2D eigenvalue weighted by atomic mass is 16.5. The van der Waals surface area contributed by atoms with Crippen LogP contribution in [0.2, 0.25) is 0 Å². The fraction of sp³-hybridized carbons (Fsp3) is 0.182. The van der Waals surface area contributed by atoms with Crippen LogP contribution in [0.1, 0.15) is 25.5 Å². The number of para-hydroxylation sites is 2. The molecule has 1 N–H and O–H groups in total. The van der Waals surface area contributed by atoms with E-state index in [1.165, 1.54) is 6.21 Å². The summed E-state index contributed by atoms with van der Waals surface area (Å²) in [6.07, 6.45) is 3.21. The third-order valence-corrected chi connectivity index (χ3v) is 4.91. The van der Waals surface area contributed by atoms with Crippen molar-refractivity contribution < 1.29 is 9.53 Å². The van der Waals surface area contributed by atoms with E-state index in [0.717, 1.165) is 15.6 Å². The predicted octanol–water partition coefficient (Wildman–Crippen LogP) is 2.65. The minimum absolute atomic E-state index is 0.296. The summed E-state index contributed by atoms with van der Waals surface area (Å²) in [7, 11) is 0. The summed E-state index contributed by atoms with van der Waals surface area (Å²) in [5.41, 5.74) is 0.812. The van der Waals surface area contributed by atoms with Crippen LogP contribution in [0, 0.1) is 0 Å². The van der Waals surface area contributed by atoms with E-state index in [1.54, 1.807) is 48.9 Å². The Labute approximate surface area is 171 Å². The quantitative estimate of drug-likeness (QED) is 0.408. The van der Waals surface area contributed by atoms with Gasteiger partial charge in [-0.2, -0.15) is 5.10 Å². The third-order valence-electron chi connectivity index (χ3n) is 4.91. The summed E-state index contributed by atoms with van der Waals surface area (Å²) >= 11 is 0. The zero-order valence-corrected chi connectivity index (χ0v) is 16.5. The van der Waals surface area contributed by atoms with Crippen molar-refractivity contribution in [2.45, 2.75) is 19.9 Å². The average Bonchev–Trinajstić information content (AvgIpc) is 3.12. The topological polar surface area (TPSA) is 98.4 Å². The Hall–Kier alpha value is -3.94. The van der Waals surface area contributed by atoms with Gasteiger partial charge in [0.1, 0.15) is 6.04 Å². The molecule has 0 saturated carbocycles. The maximum atomic E-state index is 12.7. The molecule has 2 heterocycles. The smallest absolute Gasteiger partial charge is 0.349 e. The van der Waals surface area contributed by atoms with Crippen molar-refractivity contribution in [3.05, 3.63) is 81.1 Å². The molecule has 2 aromatic heterocycles. The average molecular weight is 404 g/mol. The number of benzene rings is 2. The molecule has 8 heteroatoms. The summed E-state index contributed by atoms with van der Waals surface area (Å²) in [5.74, 6) is -0.344. The fourth-order valence-electron chi connectivity index (χ4n) is 3.41. The van der Waals surface area contributed by atoms with Crippen molar-refractivity contribution in [2.24, 2.45) is 5.10 Å². The summed E-state index contributed by atoms with van der Waals surface area (Å²) in [5, 5.41) is 5.34. The Bertz CT molecular complexity index is 1390. The van der Waals surface area contributed by atoms with Crippen molar-refractivity contribution in [1.82, 2.24) is 14.2 Å². The van der Waals surface area contributed by atoms with Crippen LogP contribution in [-0.2, 0) is 9.53 Å². The van der Waals surface area contributed by atoms with Crippen LogP contribution in [-0.4, -0.2) is 33.0 Å². The molecule has 0 unspecified atom stereocenters. The minimum Gasteiger partial charge on any atom is -0.464 e. The molecule has 0 aliphatic heterocycles. The van der Waals surface area contributed by atoms with Crippen molar-refractivity contribution in [3.63, 3.8) is 0 Å². The van der Waals surface area contributed by atoms with Gasteiger partial charge >= 0.3 is 11.7 Å². The molecule has 0 saturated heterocycles. The SMILES string of the molecule is CCOC(=O)[C@H](C)n1cc(C=Nn2c(=O)[nH]c3ccccc3c2=O)c2ccccc21. The van der Waals surface area contributed by atoms with Crippen LogP contribution >= 0.6 is 0 Å². The molecule has 2 aromatic carbocycles. The van der Waals surface area contributed by atoms with E-state index < -0.39 is 17.3 Å². The van der Waals surface area contributed by atoms with Gasteiger partial charge in [0.25, 0.3) is 5.56 Å². The van der Waals surface area contributed by atoms with Gasteiger partial charge in [0.15, 0.2) is 0 Å². The predicted molar refractivity (Wildman–Crippen MR) is 115 cm³/mol. The Morgan fingerprint density at radius 1 is 1.13 bits per heavy atom. The first kappa shape index (κ1) is 19.4. The molecular formula is C22H20N4O4. The Balaban J connectivity index is 1.81. The van der Waals surface area contributed by atoms with Gasteiger partial charge in [0.05, 0.1) is 23.7 Å². The maximum absolute atomic E-state index is 12.7. The summed E-state index contributed by atoms with van der Waals surface area (Å²) in [4.78, 5) is 39.9. The van der Waals surface area contributed by atoms with Gasteiger partial charge in [-0.1, -0.05) is 30.3 Å². The molecule has 152 valence electrons. The number of hydrogen-bond donors (Lipinski definition) is 1. The van der Waals surface area contributed by atoms with Gasteiger partial charge in [-0.25, -0.2) is 9.59 Å². The lowest BCUT2D eigenvalue weighted by Gasteiger charge is -2.13. The lowest BCUT2D eigenvalue weighted by atomic mass is 10.2. The second kappa shape index (κ2) is 7.82. The second-order valence-electron chi connectivity index (χ2n) is 6.77. The zero-order chi connectivity index (χ0) is 21.3. The van der Waals surface area contributed by atoms with Gasteiger partial charge < -0.3 is 14.3 Å². The zero-order valence-electron chi connectivity index (χ0n) is 16.5. The van der Waals surface area contributed by atoms with Crippen LogP contribution in [0.15, 0.2) is 69.4 Å². The monoisotopic (exact) mass is 404 g/mol. The molecular weight excluding hydrogens is 384 g/mol. The van der Waals surface area contributed by atoms with Crippen LogP contribution in [0.25, 0.3) is 21.8 Å². The highest BCUT2D eigenvalue weighted by molar-refractivity contribution is 6.00. The highest BCUT2D eigenvalue weighted by Crippen LogP contribution is 2.24. The number of H-pyrrole nitrogens is 1. The number of aromatic amines is 1. The number of fused-ring (bicyclic) bond motifs is 2. The number of carbonyl (C=O) groups is 1. The molecule has 30 heavy (non-hydrogen) atoms. The van der Waals surface area contributed by atoms with E-state index in [4.69, 9.17) is 4.74 Å². The molecule has 0 aliphatic rings. The van der Waals surface area contributed by atoms with E-state index in [1.807, 2.05) is 24.3 Å². The van der Waals surface area contributed by atoms with Crippen LogP contribution in [0.3, 0.4) is 0 Å². The third kappa shape index (κ3) is 3.32. The number of esters is 1. The molecule has 1 atom stereocenters. The summed E-state index contributed by atoms with van der Waals surface area (Å²) in [6.45, 7) is 3.81. The van der Waals surface area contributed by atoms with Crippen LogP contribution in [0.4, 0.5) is 0 Å². The molecule has 4 aromatic rings. The number of aromatic nitrogens is 3. The number of rotatable bonds is 5. The Kier molecular flexibility index (Phi) is 5.05. The highest BCUT2D eigenvalue weighted by Gasteiger charge is 2.19. The first-order valence-electron chi connectivity index (χ1n) is 9.56. The fourth-order valence-corrected chi connectivity index (χ4v) is 3.41. The molecule has 0 spiro atoms. The van der Waals surface area contributed by atoms with Crippen LogP contribution < -0.4 is 11.2 Å². The number of nitrogens with one attached hydrogen (secondary N) is 1. The number of carbonyl (C=O) groups excluding carboxylic acids is 1. The summed E-state index contributed by atoms with van der Waals surface area (Å²) < 4.78 is 7.72. The van der Waals surface area contributed by atoms with Crippen molar-refractivity contribution >= 4 is 34.0 Å². The summed E-state index contributed by atoms with van der Waals surface area (Å²) in [6, 6.07) is 13.7. The van der Waals surface area contributed by atoms with E-state index >= 15 is 0 Å². The second-order valence-corrected chi connectivity index (χ2v) is 6.77. The van der Waals surface area contributed by atoms with Crippen molar-refractivity contribution in [1.29, 1.82) is 0 Å². The Morgan fingerprint density at radius 3 is 2.60 bits per heavy atom. The van der Waals surface area contributed by atoms with Crippen LogP contribution in [0.5, 0.6) is 0 Å². The van der Waals surface area contributed by atoms with Gasteiger partial charge in [0.2, 0.25) is 0 Å². The van der Waals surface area contributed by atoms with E-state index in [0.29, 0.717) is 23.1 Å². The molecule has 0 amide bonds. The normalized spacial score (nSPS) is 12.6. The van der Waals surface area contributed by atoms with Crippen molar-refractivity contribution in [2.75, 3.05) is 6.61 Å². The van der Waals surface area contributed by atoms with Gasteiger partial charge in [-0.05, 0) is 32.0 Å². The molecule has 0 radical (unpaired) electrons. The van der Waals surface area contributed by atoms with Gasteiger partial charge in [0, 0.05) is 22.7 Å². The minimum atomic E-state index is -0.626. The molecule has 0 bridgehead atoms. The number of nitrogens with zero attached hydrogens (tertiary/aromatic N) is 3. The number of ether oxygens (including phenoxy) is 1. The standard InChI is InChI=1S/C22H20N4O4/c1-3-30-21(28)14(2)25-13-15(16-8-5-7-11-19(16)25)12-23-26-20(27)17-9-4-6-10-18(17)24-22(26)29/h4-14H,3H2,1-2H3,(H,24,29)/t14-/m0/s1. The van der Waals surface area contributed by atoms with E-state index in [9.17, 15) is 14.4 Å². The molecule has 8 nitrogen and oxygen atoms in total. The molecule has 0 fully saturated rings.